The van der Waals surface area contributed by atoms with Crippen LogP contribution in [0.1, 0.15) is 174 Å². The number of ether oxygens (including phenoxy) is 2. The monoisotopic (exact) mass is 873 g/mol. The van der Waals surface area contributed by atoms with Crippen LogP contribution in [-0.2, 0) is 32.7 Å². The van der Waals surface area contributed by atoms with Gasteiger partial charge in [-0.2, -0.15) is 0 Å². The molecule has 1 saturated carbocycles. The highest BCUT2D eigenvalue weighted by atomic mass is 31.2. The molecule has 0 saturated heterocycles. The summed E-state index contributed by atoms with van der Waals surface area (Å²) in [6.45, 7) is 3.16. The molecule has 13 nitrogen and oxygen atoms in total. The fourth-order valence-electron chi connectivity index (χ4n) is 6.71. The maximum absolute atomic E-state index is 12.8. The third-order valence-corrected chi connectivity index (χ3v) is 11.4. The van der Waals surface area contributed by atoms with Crippen molar-refractivity contribution in [1.82, 2.24) is 0 Å². The standard InChI is InChI=1S/C46H81O13P/c1-3-5-7-9-11-13-15-17-19-20-21-23-25-27-29-31-33-35-40(48)58-38(37-57-60(54,55)59-46-44(52)42(50)41(49)43(51)45(46)53)36-56-39(47)34-32-30-28-26-24-22-18-16-14-12-10-8-6-4-2/h5,7,11,13,16-19,38,41-46,49-53H,3-4,6,8-10,12,14-15,20-37H2,1-2H3,(H,54,55)/b7-5-,13-11-,18-16-,19-17-. The highest BCUT2D eigenvalue weighted by Crippen LogP contribution is 2.47. The highest BCUT2D eigenvalue weighted by molar-refractivity contribution is 7.47. The molecule has 0 bridgehead atoms. The Labute approximate surface area is 360 Å². The summed E-state index contributed by atoms with van der Waals surface area (Å²) < 4.78 is 33.5. The molecule has 1 aliphatic carbocycles. The van der Waals surface area contributed by atoms with Crippen LogP contribution in [0, 0.1) is 0 Å². The molecule has 60 heavy (non-hydrogen) atoms. The predicted octanol–water partition coefficient (Wildman–Crippen LogP) is 8.78. The number of phosphoric acid groups is 1. The lowest BCUT2D eigenvalue weighted by Gasteiger charge is -2.41. The van der Waals surface area contributed by atoms with Crippen LogP contribution in [0.15, 0.2) is 48.6 Å². The highest BCUT2D eigenvalue weighted by Gasteiger charge is 2.51. The molecule has 0 aromatic rings. The van der Waals surface area contributed by atoms with Crippen LogP contribution in [0.4, 0.5) is 0 Å². The predicted molar refractivity (Wildman–Crippen MR) is 235 cm³/mol. The average molecular weight is 873 g/mol. The van der Waals surface area contributed by atoms with Crippen molar-refractivity contribution >= 4 is 19.8 Å². The van der Waals surface area contributed by atoms with E-state index < -0.39 is 75.7 Å². The fourth-order valence-corrected chi connectivity index (χ4v) is 7.68. The molecule has 0 amide bonds. The van der Waals surface area contributed by atoms with Gasteiger partial charge >= 0.3 is 19.8 Å². The van der Waals surface area contributed by atoms with Crippen LogP contribution < -0.4 is 0 Å². The third-order valence-electron chi connectivity index (χ3n) is 10.4. The summed E-state index contributed by atoms with van der Waals surface area (Å²) in [7, 11) is -5.12. The van der Waals surface area contributed by atoms with Gasteiger partial charge in [-0.25, -0.2) is 4.57 Å². The molecule has 1 rings (SSSR count). The van der Waals surface area contributed by atoms with Crippen molar-refractivity contribution in [2.24, 2.45) is 0 Å². The summed E-state index contributed by atoms with van der Waals surface area (Å²) in [5.74, 6) is -1.12. The maximum atomic E-state index is 12.8. The number of hydrogen-bond donors (Lipinski definition) is 6. The number of hydrogen-bond acceptors (Lipinski definition) is 12. The normalized spacial score (nSPS) is 22.6. The zero-order chi connectivity index (χ0) is 44.3. The second-order valence-electron chi connectivity index (χ2n) is 15.9. The van der Waals surface area contributed by atoms with Crippen LogP contribution in [-0.4, -0.2) is 98.3 Å². The Morgan fingerprint density at radius 2 is 0.950 bits per heavy atom. The number of phosphoric ester groups is 1. The second kappa shape index (κ2) is 36.3. The molecular formula is C46H81O13P. The minimum Gasteiger partial charge on any atom is -0.462 e. The Morgan fingerprint density at radius 1 is 0.533 bits per heavy atom. The molecule has 0 aliphatic heterocycles. The number of rotatable bonds is 37. The van der Waals surface area contributed by atoms with E-state index in [1.807, 2.05) is 0 Å². The molecule has 1 aliphatic rings. The molecule has 0 radical (unpaired) electrons. The number of unbranched alkanes of at least 4 members (excludes halogenated alkanes) is 17. The second-order valence-corrected chi connectivity index (χ2v) is 17.3. The number of esters is 2. The lowest BCUT2D eigenvalue weighted by Crippen LogP contribution is -2.64. The van der Waals surface area contributed by atoms with Gasteiger partial charge in [0.05, 0.1) is 6.61 Å². The zero-order valence-corrected chi connectivity index (χ0v) is 37.6. The summed E-state index contributed by atoms with van der Waals surface area (Å²) in [6.07, 6.45) is 28.8. The molecule has 1 fully saturated rings. The quantitative estimate of drug-likeness (QED) is 0.0149. The largest absolute Gasteiger partial charge is 0.472 e. The Hall–Kier alpha value is -2.19. The van der Waals surface area contributed by atoms with Crippen molar-refractivity contribution in [2.75, 3.05) is 13.2 Å². The van der Waals surface area contributed by atoms with Crippen LogP contribution in [0.3, 0.4) is 0 Å². The summed E-state index contributed by atoms with van der Waals surface area (Å²) in [5, 5.41) is 50.1. The topological polar surface area (TPSA) is 210 Å². The minimum absolute atomic E-state index is 0.0826. The Kier molecular flexibility index (Phi) is 33.8. The smallest absolute Gasteiger partial charge is 0.462 e. The zero-order valence-electron chi connectivity index (χ0n) is 36.7. The number of aliphatic hydroxyl groups is 5. The molecule has 0 aromatic carbocycles. The number of carbonyl (C=O) groups is 2. The number of aliphatic hydroxyl groups excluding tert-OH is 5. The summed E-state index contributed by atoms with van der Waals surface area (Å²) in [5.41, 5.74) is 0. The van der Waals surface area contributed by atoms with E-state index in [1.54, 1.807) is 0 Å². The van der Waals surface area contributed by atoms with Crippen LogP contribution in [0.5, 0.6) is 0 Å². The molecule has 6 unspecified atom stereocenters. The van der Waals surface area contributed by atoms with Gasteiger partial charge in [0.15, 0.2) is 6.10 Å². The van der Waals surface area contributed by atoms with Crippen LogP contribution in [0.2, 0.25) is 0 Å². The molecule has 348 valence electrons. The Balaban J connectivity index is 2.47. The first-order valence-electron chi connectivity index (χ1n) is 22.9. The van der Waals surface area contributed by atoms with Crippen molar-refractivity contribution in [3.63, 3.8) is 0 Å². The average Bonchev–Trinajstić information content (AvgIpc) is 3.23. The van der Waals surface area contributed by atoms with E-state index in [2.05, 4.69) is 62.5 Å². The Morgan fingerprint density at radius 3 is 1.47 bits per heavy atom. The van der Waals surface area contributed by atoms with Crippen molar-refractivity contribution in [2.45, 2.75) is 217 Å². The van der Waals surface area contributed by atoms with Gasteiger partial charge in [0, 0.05) is 12.8 Å². The summed E-state index contributed by atoms with van der Waals surface area (Å²) >= 11 is 0. The van der Waals surface area contributed by atoms with Gasteiger partial charge in [0.25, 0.3) is 0 Å². The van der Waals surface area contributed by atoms with Gasteiger partial charge in [-0.3, -0.25) is 18.6 Å². The molecule has 0 heterocycles. The van der Waals surface area contributed by atoms with Gasteiger partial charge in [-0.15, -0.1) is 0 Å². The van der Waals surface area contributed by atoms with E-state index in [9.17, 15) is 44.6 Å². The lowest BCUT2D eigenvalue weighted by molar-refractivity contribution is -0.220. The summed E-state index contributed by atoms with van der Waals surface area (Å²) in [6, 6.07) is 0. The van der Waals surface area contributed by atoms with E-state index in [4.69, 9.17) is 18.5 Å². The molecule has 6 N–H and O–H groups in total. The van der Waals surface area contributed by atoms with Gasteiger partial charge < -0.3 is 39.9 Å². The van der Waals surface area contributed by atoms with Crippen LogP contribution >= 0.6 is 7.82 Å². The van der Waals surface area contributed by atoms with E-state index >= 15 is 0 Å². The Bertz CT molecular complexity index is 1240. The van der Waals surface area contributed by atoms with E-state index in [0.717, 1.165) is 103 Å². The van der Waals surface area contributed by atoms with E-state index in [-0.39, 0.29) is 12.8 Å². The van der Waals surface area contributed by atoms with Crippen molar-refractivity contribution in [1.29, 1.82) is 0 Å². The molecule has 0 spiro atoms. The lowest BCUT2D eigenvalue weighted by atomic mass is 9.85. The first-order chi connectivity index (χ1) is 28.9. The van der Waals surface area contributed by atoms with Crippen molar-refractivity contribution in [3.05, 3.63) is 48.6 Å². The molecular weight excluding hydrogens is 791 g/mol. The first kappa shape index (κ1) is 55.8. The van der Waals surface area contributed by atoms with E-state index in [1.165, 1.54) is 32.1 Å². The fraction of sp³-hybridized carbons (Fsp3) is 0.783. The van der Waals surface area contributed by atoms with Gasteiger partial charge in [-0.05, 0) is 70.6 Å². The maximum Gasteiger partial charge on any atom is 0.472 e. The summed E-state index contributed by atoms with van der Waals surface area (Å²) in [4.78, 5) is 35.7. The van der Waals surface area contributed by atoms with Gasteiger partial charge in [0.1, 0.15) is 43.2 Å². The number of allylic oxidation sites excluding steroid dienone is 8. The molecule has 0 aromatic heterocycles. The molecule has 14 heteroatoms. The minimum atomic E-state index is -5.12. The van der Waals surface area contributed by atoms with E-state index in [0.29, 0.717) is 12.8 Å². The number of carbonyl (C=O) groups excluding carboxylic acids is 2. The van der Waals surface area contributed by atoms with Crippen molar-refractivity contribution in [3.8, 4) is 0 Å². The first-order valence-corrected chi connectivity index (χ1v) is 24.4. The third kappa shape index (κ3) is 28.4. The molecule has 6 atom stereocenters. The SMILES string of the molecule is CC/C=C\C/C=C\C/C=C\CCCCCCCCCC(=O)OC(COC(=O)CCCCCCC/C=C\CCCCCCC)COP(=O)(O)OC1C(O)C(O)C(O)C(O)C1O. The van der Waals surface area contributed by atoms with Crippen molar-refractivity contribution < 1.29 is 63.1 Å². The van der Waals surface area contributed by atoms with Gasteiger partial charge in [-0.1, -0.05) is 140 Å². The van der Waals surface area contributed by atoms with Crippen LogP contribution in [0.25, 0.3) is 0 Å². The van der Waals surface area contributed by atoms with Gasteiger partial charge in [0.2, 0.25) is 0 Å².